The number of hydrogen-bond acceptors (Lipinski definition) is 4. The number of aliphatic carboxylic acids is 1. The molecular weight excluding hydrogens is 301 g/mol. The summed E-state index contributed by atoms with van der Waals surface area (Å²) in [5.74, 6) is -2.13. The van der Waals surface area contributed by atoms with Crippen molar-refractivity contribution in [2.24, 2.45) is 5.92 Å². The molecule has 1 aromatic heterocycles. The van der Waals surface area contributed by atoms with Crippen molar-refractivity contribution in [3.05, 3.63) is 36.0 Å². The maximum Gasteiger partial charge on any atom is 0.412 e. The normalized spacial score (nSPS) is 18.7. The summed E-state index contributed by atoms with van der Waals surface area (Å²) in [5.41, 5.74) is -0.749. The van der Waals surface area contributed by atoms with Crippen molar-refractivity contribution >= 4 is 17.7 Å². The number of carboxylic acid groups (broad SMARTS) is 1. The van der Waals surface area contributed by atoms with Crippen LogP contribution >= 0.6 is 0 Å². The molecule has 1 atom stereocenters. The molecule has 1 aromatic rings. The Balaban J connectivity index is 2.34. The smallest absolute Gasteiger partial charge is 0.412 e. The first-order chi connectivity index (χ1) is 10.3. The van der Waals surface area contributed by atoms with E-state index in [1.807, 2.05) is 0 Å². The lowest BCUT2D eigenvalue weighted by Gasteiger charge is -2.18. The van der Waals surface area contributed by atoms with Gasteiger partial charge in [0.2, 0.25) is 0 Å². The summed E-state index contributed by atoms with van der Waals surface area (Å²) in [6, 6.07) is 1.78. The lowest BCUT2D eigenvalue weighted by atomic mass is 9.90. The Kier molecular flexibility index (Phi) is 4.12. The van der Waals surface area contributed by atoms with Crippen molar-refractivity contribution < 1.29 is 23.1 Å². The van der Waals surface area contributed by atoms with E-state index in [-0.39, 0.29) is 11.4 Å². The van der Waals surface area contributed by atoms with Gasteiger partial charge in [0.15, 0.2) is 5.82 Å². The Morgan fingerprint density at radius 2 is 2.27 bits per heavy atom. The van der Waals surface area contributed by atoms with E-state index in [0.717, 1.165) is 29.4 Å². The first-order valence-corrected chi connectivity index (χ1v) is 6.01. The van der Waals surface area contributed by atoms with Gasteiger partial charge in [-0.15, -0.1) is 5.10 Å². The SMILES string of the molecule is N#CC1C=C(c2ncn(/C=C\C(=O)O)n2)C=C(C(F)(F)F)C1. The summed E-state index contributed by atoms with van der Waals surface area (Å²) < 4.78 is 39.5. The average molecular weight is 310 g/mol. The first kappa shape index (κ1) is 15.5. The quantitative estimate of drug-likeness (QED) is 0.864. The third-order valence-corrected chi connectivity index (χ3v) is 2.82. The van der Waals surface area contributed by atoms with Gasteiger partial charge >= 0.3 is 12.1 Å². The van der Waals surface area contributed by atoms with Crippen LogP contribution in [0.4, 0.5) is 13.2 Å². The van der Waals surface area contributed by atoms with Gasteiger partial charge in [-0.25, -0.2) is 14.5 Å². The van der Waals surface area contributed by atoms with Crippen molar-refractivity contribution in [3.63, 3.8) is 0 Å². The highest BCUT2D eigenvalue weighted by Gasteiger charge is 2.36. The zero-order chi connectivity index (χ0) is 16.3. The molecule has 0 spiro atoms. The Morgan fingerprint density at radius 1 is 1.55 bits per heavy atom. The summed E-state index contributed by atoms with van der Waals surface area (Å²) in [7, 11) is 0. The molecule has 0 saturated heterocycles. The van der Waals surface area contributed by atoms with E-state index in [2.05, 4.69) is 10.1 Å². The second-order valence-corrected chi connectivity index (χ2v) is 4.43. The predicted molar refractivity (Wildman–Crippen MR) is 68.8 cm³/mol. The fourth-order valence-corrected chi connectivity index (χ4v) is 1.85. The molecule has 1 unspecified atom stereocenters. The largest absolute Gasteiger partial charge is 0.478 e. The fourth-order valence-electron chi connectivity index (χ4n) is 1.85. The first-order valence-electron chi connectivity index (χ1n) is 6.01. The van der Waals surface area contributed by atoms with Crippen LogP contribution in [0.25, 0.3) is 11.8 Å². The van der Waals surface area contributed by atoms with Crippen LogP contribution in [0.2, 0.25) is 0 Å². The molecule has 1 aliphatic carbocycles. The second-order valence-electron chi connectivity index (χ2n) is 4.43. The molecule has 0 amide bonds. The Morgan fingerprint density at radius 3 is 2.86 bits per heavy atom. The number of nitrogens with zero attached hydrogens (tertiary/aromatic N) is 4. The van der Waals surface area contributed by atoms with Crippen LogP contribution in [0.15, 0.2) is 30.1 Å². The second kappa shape index (κ2) is 5.85. The summed E-state index contributed by atoms with van der Waals surface area (Å²) >= 11 is 0. The molecule has 1 heterocycles. The molecule has 1 aliphatic rings. The molecule has 6 nitrogen and oxygen atoms in total. The van der Waals surface area contributed by atoms with Crippen LogP contribution in [-0.4, -0.2) is 32.0 Å². The van der Waals surface area contributed by atoms with Crippen LogP contribution in [0.3, 0.4) is 0 Å². The van der Waals surface area contributed by atoms with E-state index < -0.39 is 30.1 Å². The minimum atomic E-state index is -4.53. The number of aromatic nitrogens is 3. The van der Waals surface area contributed by atoms with Gasteiger partial charge in [0.05, 0.1) is 12.0 Å². The van der Waals surface area contributed by atoms with Crippen LogP contribution < -0.4 is 0 Å². The third-order valence-electron chi connectivity index (χ3n) is 2.82. The van der Waals surface area contributed by atoms with E-state index >= 15 is 0 Å². The summed E-state index contributed by atoms with van der Waals surface area (Å²) in [6.07, 6.45) is 0.377. The number of hydrogen-bond donors (Lipinski definition) is 1. The van der Waals surface area contributed by atoms with Crippen molar-refractivity contribution in [3.8, 4) is 6.07 Å². The van der Waals surface area contributed by atoms with Crippen LogP contribution in [-0.2, 0) is 4.79 Å². The number of carbonyl (C=O) groups is 1. The zero-order valence-electron chi connectivity index (χ0n) is 10.9. The monoisotopic (exact) mass is 310 g/mol. The van der Waals surface area contributed by atoms with Gasteiger partial charge in [0.25, 0.3) is 0 Å². The van der Waals surface area contributed by atoms with Gasteiger partial charge in [-0.05, 0) is 12.5 Å². The third kappa shape index (κ3) is 3.60. The van der Waals surface area contributed by atoms with Gasteiger partial charge in [-0.3, -0.25) is 0 Å². The summed E-state index contributed by atoms with van der Waals surface area (Å²) in [4.78, 5) is 14.2. The highest BCUT2D eigenvalue weighted by Crippen LogP contribution is 2.36. The molecule has 0 saturated carbocycles. The number of rotatable bonds is 3. The minimum absolute atomic E-state index is 0.0169. The number of alkyl halides is 3. The van der Waals surface area contributed by atoms with Crippen molar-refractivity contribution in [2.45, 2.75) is 12.6 Å². The van der Waals surface area contributed by atoms with E-state index in [0.29, 0.717) is 0 Å². The predicted octanol–water partition coefficient (Wildman–Crippen LogP) is 2.25. The van der Waals surface area contributed by atoms with Gasteiger partial charge in [-0.2, -0.15) is 18.4 Å². The Bertz CT molecular complexity index is 722. The minimum Gasteiger partial charge on any atom is -0.478 e. The molecule has 2 rings (SSSR count). The van der Waals surface area contributed by atoms with E-state index in [1.165, 1.54) is 6.08 Å². The molecule has 1 N–H and O–H groups in total. The lowest BCUT2D eigenvalue weighted by molar-refractivity contribution is -0.131. The van der Waals surface area contributed by atoms with Crippen LogP contribution in [0.1, 0.15) is 12.2 Å². The zero-order valence-corrected chi connectivity index (χ0v) is 10.9. The van der Waals surface area contributed by atoms with Crippen molar-refractivity contribution in [1.29, 1.82) is 5.26 Å². The maximum absolute atomic E-state index is 12.8. The van der Waals surface area contributed by atoms with Crippen molar-refractivity contribution in [2.75, 3.05) is 0 Å². The van der Waals surface area contributed by atoms with E-state index in [1.54, 1.807) is 6.07 Å². The fraction of sp³-hybridized carbons (Fsp3) is 0.231. The molecule has 0 aromatic carbocycles. The average Bonchev–Trinajstić information content (AvgIpc) is 2.92. The number of halogens is 3. The van der Waals surface area contributed by atoms with E-state index in [9.17, 15) is 18.0 Å². The molecule has 22 heavy (non-hydrogen) atoms. The lowest BCUT2D eigenvalue weighted by Crippen LogP contribution is -2.17. The van der Waals surface area contributed by atoms with Crippen LogP contribution in [0, 0.1) is 17.2 Å². The standard InChI is InChI=1S/C13H9F3N4O2/c14-13(15,16)10-4-8(6-17)3-9(5-10)12-18-7-20(19-12)2-1-11(21)22/h1-3,5,7-8H,4H2,(H,21,22)/b2-1-. The molecule has 0 aliphatic heterocycles. The highest BCUT2D eigenvalue weighted by atomic mass is 19.4. The number of carboxylic acids is 1. The molecule has 0 radical (unpaired) electrons. The topological polar surface area (TPSA) is 91.8 Å². The molecular formula is C13H9F3N4O2. The molecule has 0 bridgehead atoms. The molecule has 9 heteroatoms. The number of nitriles is 1. The Labute approximate surface area is 122 Å². The van der Waals surface area contributed by atoms with Gasteiger partial charge in [-0.1, -0.05) is 6.08 Å². The molecule has 114 valence electrons. The van der Waals surface area contributed by atoms with Gasteiger partial charge < -0.3 is 5.11 Å². The van der Waals surface area contributed by atoms with Crippen molar-refractivity contribution in [1.82, 2.24) is 14.8 Å². The van der Waals surface area contributed by atoms with Gasteiger partial charge in [0.1, 0.15) is 6.33 Å². The van der Waals surface area contributed by atoms with E-state index in [4.69, 9.17) is 10.4 Å². The molecule has 0 fully saturated rings. The Hall–Kier alpha value is -2.89. The highest BCUT2D eigenvalue weighted by molar-refractivity contribution is 5.82. The van der Waals surface area contributed by atoms with Gasteiger partial charge in [0, 0.05) is 23.4 Å². The van der Waals surface area contributed by atoms with Crippen LogP contribution in [0.5, 0.6) is 0 Å². The summed E-state index contributed by atoms with van der Waals surface area (Å²) in [6.45, 7) is 0. The number of allylic oxidation sites excluding steroid dienone is 4. The maximum atomic E-state index is 12.8. The summed E-state index contributed by atoms with van der Waals surface area (Å²) in [5, 5.41) is 21.2.